The molecule has 6 N–H and O–H groups in total. The van der Waals surface area contributed by atoms with Gasteiger partial charge in [0.2, 0.25) is 0 Å². The van der Waals surface area contributed by atoms with Gasteiger partial charge in [-0.05, 0) is 0 Å². The normalized spacial score (nSPS) is 29.8. The Bertz CT molecular complexity index is 1430. The second kappa shape index (κ2) is 10.5. The molecule has 0 aliphatic heterocycles. The van der Waals surface area contributed by atoms with Crippen LogP contribution in [0.4, 0.5) is 0 Å². The first kappa shape index (κ1) is 30.1. The number of ketones is 2. The van der Waals surface area contributed by atoms with E-state index in [9.17, 15) is 34.8 Å². The number of rotatable bonds is 6. The second-order valence-corrected chi connectivity index (χ2v) is 17.7. The van der Waals surface area contributed by atoms with Gasteiger partial charge in [-0.1, -0.05) is 13.3 Å². The molecule has 1 amide bonds. The third kappa shape index (κ3) is 4.17. The molecule has 3 aliphatic carbocycles. The van der Waals surface area contributed by atoms with Crippen LogP contribution in [-0.4, -0.2) is 57.8 Å². The molecule has 1 aromatic carbocycles. The Labute approximate surface area is 242 Å². The molecule has 0 spiro atoms. The number of amides is 1. The van der Waals surface area contributed by atoms with Crippen LogP contribution in [0.1, 0.15) is 69.6 Å². The molecule has 0 unspecified atom stereocenters. The van der Waals surface area contributed by atoms with Crippen LogP contribution < -0.4 is 5.73 Å². The molecule has 0 aromatic heterocycles. The summed E-state index contributed by atoms with van der Waals surface area (Å²) in [6, 6.07) is 3.10. The van der Waals surface area contributed by atoms with Crippen LogP contribution in [-0.2, 0) is 20.8 Å². The second-order valence-electron chi connectivity index (χ2n) is 11.6. The Morgan fingerprint density at radius 1 is 1.18 bits per heavy atom. The van der Waals surface area contributed by atoms with Crippen LogP contribution in [0.3, 0.4) is 0 Å². The molecule has 4 rings (SSSR count). The average molecular weight is 664 g/mol. The van der Waals surface area contributed by atoms with Crippen molar-refractivity contribution in [1.82, 2.24) is 0 Å². The summed E-state index contributed by atoms with van der Waals surface area (Å²) in [5, 5.41) is 46.0. The van der Waals surface area contributed by atoms with E-state index in [1.165, 1.54) is 6.07 Å². The zero-order chi connectivity index (χ0) is 29.8. The predicted molar refractivity (Wildman–Crippen MR) is 161 cm³/mol. The van der Waals surface area contributed by atoms with Gasteiger partial charge in [0.1, 0.15) is 0 Å². The van der Waals surface area contributed by atoms with Crippen LogP contribution in [0.15, 0.2) is 29.0 Å². The maximum atomic E-state index is 14.4. The average Bonchev–Trinajstić information content (AvgIpc) is 2.87. The van der Waals surface area contributed by atoms with Gasteiger partial charge in [0.05, 0.1) is 0 Å². The number of fused-ring (bicyclic) bond motifs is 3. The van der Waals surface area contributed by atoms with Crippen molar-refractivity contribution < 1.29 is 34.8 Å². The summed E-state index contributed by atoms with van der Waals surface area (Å²) in [7, 11) is 0. The van der Waals surface area contributed by atoms with Gasteiger partial charge in [-0.3, -0.25) is 0 Å². The Morgan fingerprint density at radius 2 is 1.85 bits per heavy atom. The topological polar surface area (TPSA) is 158 Å². The van der Waals surface area contributed by atoms with E-state index in [0.717, 1.165) is 12.8 Å². The van der Waals surface area contributed by atoms with Crippen LogP contribution in [0.2, 0.25) is 0 Å². The van der Waals surface area contributed by atoms with E-state index in [2.05, 4.69) is 18.8 Å². The first-order valence-electron chi connectivity index (χ1n) is 13.5. The fourth-order valence-electron chi connectivity index (χ4n) is 7.11. The van der Waals surface area contributed by atoms with Crippen LogP contribution in [0.25, 0.3) is 5.76 Å². The number of phenolic OH excluding ortho intramolecular Hbond substituents is 1. The van der Waals surface area contributed by atoms with Gasteiger partial charge in [-0.15, -0.1) is 0 Å². The molecular weight excluding hydrogens is 625 g/mol. The molecule has 8 nitrogen and oxygen atoms in total. The van der Waals surface area contributed by atoms with Gasteiger partial charge in [-0.25, -0.2) is 0 Å². The molecule has 1 saturated carbocycles. The van der Waals surface area contributed by atoms with Crippen molar-refractivity contribution >= 4 is 43.1 Å². The number of alkyl halides is 3. The minimum atomic E-state index is -2.65. The fourth-order valence-corrected chi connectivity index (χ4v) is 10.1. The number of primary amides is 1. The maximum absolute atomic E-state index is 14.4. The summed E-state index contributed by atoms with van der Waals surface area (Å²) < 4.78 is 0.406. The van der Waals surface area contributed by atoms with Gasteiger partial charge < -0.3 is 0 Å². The van der Waals surface area contributed by atoms with Gasteiger partial charge >= 0.3 is 230 Å². The first-order valence-corrected chi connectivity index (χ1v) is 19.3. The predicted octanol–water partition coefficient (Wildman–Crippen LogP) is 4.13. The molecule has 0 saturated heterocycles. The molecule has 1 aromatic rings. The van der Waals surface area contributed by atoms with Crippen molar-refractivity contribution in [2.24, 2.45) is 22.5 Å². The molecule has 1 fully saturated rings. The minimum absolute atomic E-state index is 0.0632. The third-order valence-corrected chi connectivity index (χ3v) is 11.6. The van der Waals surface area contributed by atoms with Gasteiger partial charge in [0.25, 0.3) is 0 Å². The standard InChI is InChI=1S/C31H38INO7/c1-6-8-9-10-11-17-12-13-20(34)21-18(17)14-29(3)16-30(7-2)19(15-32(4)5)24(35)22(28(33)39)26(37)31(30,40)27(38)23(29)25(21)36/h12-13,19,34,36-37,40H,6-9,14-16H2,1-5H3,(H2,33,39)/t19-,29+,30+,31-/m1/s1. The molecule has 0 radical (unpaired) electrons. The number of unbranched alkanes of at least 4 members (excludes halogenated alkanes) is 2. The number of carbonyl (C=O) groups is 3. The van der Waals surface area contributed by atoms with Crippen molar-refractivity contribution in [3.63, 3.8) is 0 Å². The third-order valence-electron chi connectivity index (χ3n) is 8.94. The summed E-state index contributed by atoms with van der Waals surface area (Å²) in [6.07, 6.45) is 3.07. The Balaban J connectivity index is 2.04. The number of hydrogen-bond acceptors (Lipinski definition) is 7. The number of phenols is 1. The number of aliphatic hydroxyl groups excluding tert-OH is 2. The van der Waals surface area contributed by atoms with Crippen molar-refractivity contribution in [2.75, 3.05) is 14.3 Å². The molecular formula is C31H38INO7. The summed E-state index contributed by atoms with van der Waals surface area (Å²) in [5.41, 5.74) is 0.728. The molecule has 0 heterocycles. The Hall–Kier alpha value is -2.84. The van der Waals surface area contributed by atoms with E-state index < -0.39 is 76.7 Å². The molecule has 4 atom stereocenters. The Kier molecular flexibility index (Phi) is 7.93. The van der Waals surface area contributed by atoms with Gasteiger partial charge in [0.15, 0.2) is 0 Å². The van der Waals surface area contributed by atoms with E-state index in [-0.39, 0.29) is 36.1 Å². The van der Waals surface area contributed by atoms with Gasteiger partial charge in [0, 0.05) is 0 Å². The quantitative estimate of drug-likeness (QED) is 0.101. The monoisotopic (exact) mass is 663 g/mol. The fraction of sp³-hybridized carbons (Fsp3) is 0.516. The van der Waals surface area contributed by atoms with Crippen molar-refractivity contribution in [3.05, 3.63) is 45.7 Å². The number of aromatic hydroxyl groups is 1. The molecule has 40 heavy (non-hydrogen) atoms. The molecule has 216 valence electrons. The SMILES string of the molecule is CCCCC#Cc1ccc(O)c2c1C[C@@]1(C)C[C@@]3(CC)[C@H](CI(C)C)C(=O)C(C(N)=O)=C(O)[C@@]3(O)C(=O)C1=C2O. The van der Waals surface area contributed by atoms with Crippen molar-refractivity contribution in [1.29, 1.82) is 0 Å². The number of benzene rings is 1. The number of Topliss-reactive ketones (excluding diaryl/α,β-unsaturated/α-hetero) is 2. The van der Waals surface area contributed by atoms with E-state index >= 15 is 0 Å². The number of hydrogen-bond donors (Lipinski definition) is 5. The van der Waals surface area contributed by atoms with Crippen LogP contribution in [0, 0.1) is 28.6 Å². The summed E-state index contributed by atoms with van der Waals surface area (Å²) in [5.74, 6) is 0.767. The zero-order valence-corrected chi connectivity index (χ0v) is 25.8. The molecule has 3 aliphatic rings. The van der Waals surface area contributed by atoms with E-state index in [1.807, 2.05) is 9.86 Å². The van der Waals surface area contributed by atoms with Crippen LogP contribution >= 0.6 is 19.8 Å². The zero-order valence-electron chi connectivity index (χ0n) is 23.7. The van der Waals surface area contributed by atoms with Gasteiger partial charge in [-0.2, -0.15) is 0 Å². The molecule has 0 bridgehead atoms. The first-order chi connectivity index (χ1) is 18.7. The van der Waals surface area contributed by atoms with Crippen molar-refractivity contribution in [2.45, 2.75) is 64.9 Å². The summed E-state index contributed by atoms with van der Waals surface area (Å²) in [4.78, 5) is 44.7. The van der Waals surface area contributed by atoms with E-state index in [4.69, 9.17) is 5.73 Å². The summed E-state index contributed by atoms with van der Waals surface area (Å²) in [6.45, 7) is 5.63. The van der Waals surface area contributed by atoms with E-state index in [1.54, 1.807) is 19.9 Å². The van der Waals surface area contributed by atoms with E-state index in [0.29, 0.717) is 22.0 Å². The van der Waals surface area contributed by atoms with Crippen molar-refractivity contribution in [3.8, 4) is 17.6 Å². The number of aliphatic hydroxyl groups is 3. The number of halogens is 1. The molecule has 9 heteroatoms. The Morgan fingerprint density at radius 3 is 2.42 bits per heavy atom. The summed E-state index contributed by atoms with van der Waals surface area (Å²) >= 11 is -1.70. The van der Waals surface area contributed by atoms with Crippen LogP contribution in [0.5, 0.6) is 5.75 Å². The number of carbonyl (C=O) groups excluding carboxylic acids is 3. The number of nitrogens with two attached hydrogens (primary N) is 1.